The van der Waals surface area contributed by atoms with Gasteiger partial charge in [0, 0.05) is 18.8 Å². The van der Waals surface area contributed by atoms with Gasteiger partial charge >= 0.3 is 5.97 Å². The highest BCUT2D eigenvalue weighted by Crippen LogP contribution is 2.49. The molecular formula is C15H21N3O2. The van der Waals surface area contributed by atoms with E-state index >= 15 is 0 Å². The van der Waals surface area contributed by atoms with Gasteiger partial charge in [0.15, 0.2) is 0 Å². The molecule has 2 saturated carbocycles. The van der Waals surface area contributed by atoms with Crippen LogP contribution < -0.4 is 5.32 Å². The van der Waals surface area contributed by atoms with Gasteiger partial charge in [0.1, 0.15) is 11.9 Å². The molecule has 5 nitrogen and oxygen atoms in total. The fourth-order valence-corrected chi connectivity index (χ4v) is 3.99. The first kappa shape index (κ1) is 13.5. The Morgan fingerprint density at radius 2 is 2.35 bits per heavy atom. The van der Waals surface area contributed by atoms with E-state index in [1.807, 2.05) is 0 Å². The van der Waals surface area contributed by atoms with Crippen LogP contribution in [0.1, 0.15) is 48.7 Å². The van der Waals surface area contributed by atoms with E-state index in [-0.39, 0.29) is 5.56 Å². The van der Waals surface area contributed by atoms with Gasteiger partial charge in [-0.25, -0.2) is 14.8 Å². The molecule has 0 amide bonds. The lowest BCUT2D eigenvalue weighted by Crippen LogP contribution is -2.36. The normalized spacial score (nSPS) is 29.6. The molecule has 0 saturated heterocycles. The van der Waals surface area contributed by atoms with E-state index in [1.54, 1.807) is 0 Å². The fraction of sp³-hybridized carbons (Fsp3) is 0.667. The molecule has 4 unspecified atom stereocenters. The summed E-state index contributed by atoms with van der Waals surface area (Å²) in [5.41, 5.74) is 0.766. The van der Waals surface area contributed by atoms with E-state index in [9.17, 15) is 4.79 Å². The topological polar surface area (TPSA) is 75.1 Å². The quantitative estimate of drug-likeness (QED) is 0.860. The van der Waals surface area contributed by atoms with Gasteiger partial charge in [0.2, 0.25) is 0 Å². The van der Waals surface area contributed by atoms with Crippen molar-refractivity contribution in [3.63, 3.8) is 0 Å². The lowest BCUT2D eigenvalue weighted by atomic mass is 9.84. The number of carboxylic acids is 1. The number of nitrogens with zero attached hydrogens (tertiary/aromatic N) is 2. The van der Waals surface area contributed by atoms with Crippen molar-refractivity contribution >= 4 is 5.97 Å². The number of aromatic nitrogens is 2. The van der Waals surface area contributed by atoms with Crippen molar-refractivity contribution in [3.05, 3.63) is 23.8 Å². The number of carboxylic acid groups (broad SMARTS) is 1. The molecule has 0 spiro atoms. The van der Waals surface area contributed by atoms with Crippen LogP contribution in [-0.4, -0.2) is 27.1 Å². The Bertz CT molecular complexity index is 506. The maximum absolute atomic E-state index is 11.1. The van der Waals surface area contributed by atoms with Crippen molar-refractivity contribution in [2.24, 2.45) is 17.8 Å². The lowest BCUT2D eigenvalue weighted by Gasteiger charge is -2.28. The molecule has 2 aliphatic rings. The Kier molecular flexibility index (Phi) is 3.70. The molecule has 108 valence electrons. The minimum atomic E-state index is -0.963. The number of hydrogen-bond acceptors (Lipinski definition) is 4. The summed E-state index contributed by atoms with van der Waals surface area (Å²) >= 11 is 0. The largest absolute Gasteiger partial charge is 0.478 e. The summed E-state index contributed by atoms with van der Waals surface area (Å²) in [4.78, 5) is 19.0. The molecule has 1 aromatic rings. The average Bonchev–Trinajstić information content (AvgIpc) is 3.07. The predicted molar refractivity (Wildman–Crippen MR) is 74.2 cm³/mol. The highest BCUT2D eigenvalue weighted by atomic mass is 16.4. The van der Waals surface area contributed by atoms with E-state index in [0.29, 0.717) is 18.3 Å². The predicted octanol–water partition coefficient (Wildman–Crippen LogP) is 2.09. The van der Waals surface area contributed by atoms with Gasteiger partial charge < -0.3 is 10.4 Å². The molecule has 2 N–H and O–H groups in total. The minimum Gasteiger partial charge on any atom is -0.478 e. The van der Waals surface area contributed by atoms with Crippen molar-refractivity contribution < 1.29 is 9.90 Å². The second kappa shape index (κ2) is 5.48. The van der Waals surface area contributed by atoms with Crippen molar-refractivity contribution in [2.45, 2.75) is 45.2 Å². The van der Waals surface area contributed by atoms with Gasteiger partial charge in [-0.1, -0.05) is 6.42 Å². The van der Waals surface area contributed by atoms with Crippen LogP contribution in [0.3, 0.4) is 0 Å². The first-order valence-corrected chi connectivity index (χ1v) is 7.40. The third-order valence-electron chi connectivity index (χ3n) is 5.05. The summed E-state index contributed by atoms with van der Waals surface area (Å²) in [7, 11) is 0. The Morgan fingerprint density at radius 3 is 3.00 bits per heavy atom. The van der Waals surface area contributed by atoms with Crippen LogP contribution in [0, 0.1) is 17.8 Å². The Hall–Kier alpha value is -1.49. The maximum Gasteiger partial charge on any atom is 0.339 e. The molecule has 2 fully saturated rings. The lowest BCUT2D eigenvalue weighted by molar-refractivity contribution is 0.0694. The summed E-state index contributed by atoms with van der Waals surface area (Å²) in [6.07, 6.45) is 8.28. The first-order chi connectivity index (χ1) is 9.65. The van der Waals surface area contributed by atoms with Crippen LogP contribution in [-0.2, 0) is 6.54 Å². The molecule has 2 bridgehead atoms. The van der Waals surface area contributed by atoms with Crippen LogP contribution in [0.25, 0.3) is 0 Å². The van der Waals surface area contributed by atoms with Crippen LogP contribution in [0.5, 0.6) is 0 Å². The molecule has 1 aromatic heterocycles. The summed E-state index contributed by atoms with van der Waals surface area (Å²) < 4.78 is 0. The van der Waals surface area contributed by atoms with Crippen molar-refractivity contribution in [3.8, 4) is 0 Å². The Morgan fingerprint density at radius 1 is 1.50 bits per heavy atom. The smallest absolute Gasteiger partial charge is 0.339 e. The molecule has 5 heteroatoms. The number of aromatic carboxylic acids is 1. The summed E-state index contributed by atoms with van der Waals surface area (Å²) in [5.74, 6) is 1.58. The zero-order valence-electron chi connectivity index (χ0n) is 11.7. The van der Waals surface area contributed by atoms with Gasteiger partial charge in [-0.2, -0.15) is 0 Å². The SMILES string of the molecule is CC(NCc1ncncc1C(=O)O)C1CC2CCC1C2. The summed E-state index contributed by atoms with van der Waals surface area (Å²) in [6.45, 7) is 2.71. The molecule has 2 aliphatic carbocycles. The minimum absolute atomic E-state index is 0.195. The van der Waals surface area contributed by atoms with Gasteiger partial charge in [-0.3, -0.25) is 0 Å². The van der Waals surface area contributed by atoms with Crippen LogP contribution >= 0.6 is 0 Å². The van der Waals surface area contributed by atoms with Gasteiger partial charge in [-0.05, 0) is 43.9 Å². The molecule has 0 aliphatic heterocycles. The molecule has 4 atom stereocenters. The number of carbonyl (C=O) groups is 1. The van der Waals surface area contributed by atoms with Crippen LogP contribution in [0.4, 0.5) is 0 Å². The second-order valence-electron chi connectivity index (χ2n) is 6.20. The van der Waals surface area contributed by atoms with E-state index in [4.69, 9.17) is 5.11 Å². The summed E-state index contributed by atoms with van der Waals surface area (Å²) in [6, 6.07) is 0.418. The highest BCUT2D eigenvalue weighted by molar-refractivity contribution is 5.88. The van der Waals surface area contributed by atoms with Crippen molar-refractivity contribution in [1.29, 1.82) is 0 Å². The van der Waals surface area contributed by atoms with Crippen molar-refractivity contribution in [2.75, 3.05) is 0 Å². The molecule has 1 heterocycles. The van der Waals surface area contributed by atoms with Gasteiger partial charge in [0.05, 0.1) is 5.69 Å². The van der Waals surface area contributed by atoms with E-state index in [0.717, 1.165) is 17.8 Å². The summed E-state index contributed by atoms with van der Waals surface area (Å²) in [5, 5.41) is 12.6. The third-order valence-corrected chi connectivity index (χ3v) is 5.05. The van der Waals surface area contributed by atoms with E-state index < -0.39 is 5.97 Å². The van der Waals surface area contributed by atoms with Gasteiger partial charge in [0.25, 0.3) is 0 Å². The van der Waals surface area contributed by atoms with Gasteiger partial charge in [-0.15, -0.1) is 0 Å². The number of nitrogens with one attached hydrogen (secondary N) is 1. The number of rotatable bonds is 5. The fourth-order valence-electron chi connectivity index (χ4n) is 3.99. The monoisotopic (exact) mass is 275 g/mol. The zero-order valence-corrected chi connectivity index (χ0v) is 11.7. The second-order valence-corrected chi connectivity index (χ2v) is 6.20. The Balaban J connectivity index is 1.61. The Labute approximate surface area is 118 Å². The van der Waals surface area contributed by atoms with Crippen LogP contribution in [0.2, 0.25) is 0 Å². The molecule has 0 aromatic carbocycles. The highest BCUT2D eigenvalue weighted by Gasteiger charge is 2.41. The zero-order chi connectivity index (χ0) is 14.1. The molecular weight excluding hydrogens is 254 g/mol. The number of fused-ring (bicyclic) bond motifs is 2. The van der Waals surface area contributed by atoms with Crippen LogP contribution in [0.15, 0.2) is 12.5 Å². The third kappa shape index (κ3) is 2.54. The van der Waals surface area contributed by atoms with E-state index in [1.165, 1.54) is 38.2 Å². The maximum atomic E-state index is 11.1. The first-order valence-electron chi connectivity index (χ1n) is 7.40. The van der Waals surface area contributed by atoms with E-state index in [2.05, 4.69) is 22.2 Å². The molecule has 20 heavy (non-hydrogen) atoms. The van der Waals surface area contributed by atoms with Crippen molar-refractivity contribution in [1.82, 2.24) is 15.3 Å². The standard InChI is InChI=1S/C15H21N3O2/c1-9(12-5-10-2-3-11(12)4-10)17-7-14-13(15(19)20)6-16-8-18-14/h6,8-12,17H,2-5,7H2,1H3,(H,19,20). The molecule has 0 radical (unpaired) electrons. The number of hydrogen-bond donors (Lipinski definition) is 2. The molecule has 3 rings (SSSR count). The average molecular weight is 275 g/mol.